The Morgan fingerprint density at radius 3 is 2.45 bits per heavy atom. The predicted molar refractivity (Wildman–Crippen MR) is 81.5 cm³/mol. The lowest BCUT2D eigenvalue weighted by atomic mass is 10.2. The van der Waals surface area contributed by atoms with Crippen LogP contribution < -0.4 is 5.32 Å². The molecule has 0 spiro atoms. The fraction of sp³-hybridized carbons (Fsp3) is 0.467. The van der Waals surface area contributed by atoms with Crippen LogP contribution in [0.5, 0.6) is 0 Å². The molecule has 0 heterocycles. The van der Waals surface area contributed by atoms with E-state index in [-0.39, 0.29) is 23.8 Å². The van der Waals surface area contributed by atoms with Gasteiger partial charge in [0.05, 0.1) is 5.75 Å². The maximum Gasteiger partial charge on any atom is 0.325 e. The van der Waals surface area contributed by atoms with E-state index in [9.17, 15) is 9.59 Å². The molecule has 1 aromatic rings. The molecule has 0 aliphatic heterocycles. The molecule has 110 valence electrons. The average molecular weight is 295 g/mol. The molecule has 0 unspecified atom stereocenters. The second-order valence-electron chi connectivity index (χ2n) is 5.32. The SMILES string of the molecule is CC(C)(C)SCC(=O)NCC(=O)OCc1ccccc1. The standard InChI is InChI=1S/C15H21NO3S/c1-15(2,3)20-11-13(17)16-9-14(18)19-10-12-7-5-4-6-8-12/h4-8H,9-11H2,1-3H3,(H,16,17). The number of hydrogen-bond acceptors (Lipinski definition) is 4. The highest BCUT2D eigenvalue weighted by molar-refractivity contribution is 8.01. The average Bonchev–Trinajstić information content (AvgIpc) is 2.41. The van der Waals surface area contributed by atoms with Crippen molar-refractivity contribution < 1.29 is 14.3 Å². The molecular formula is C15H21NO3S. The fourth-order valence-corrected chi connectivity index (χ4v) is 1.96. The van der Waals surface area contributed by atoms with E-state index in [0.717, 1.165) is 5.56 Å². The van der Waals surface area contributed by atoms with Crippen LogP contribution in [0.1, 0.15) is 26.3 Å². The van der Waals surface area contributed by atoms with E-state index in [1.807, 2.05) is 51.1 Å². The summed E-state index contributed by atoms with van der Waals surface area (Å²) in [6.45, 7) is 6.26. The van der Waals surface area contributed by atoms with Gasteiger partial charge in [-0.3, -0.25) is 9.59 Å². The van der Waals surface area contributed by atoms with Crippen LogP contribution in [0.2, 0.25) is 0 Å². The zero-order valence-electron chi connectivity index (χ0n) is 12.1. The first-order chi connectivity index (χ1) is 9.37. The van der Waals surface area contributed by atoms with E-state index in [2.05, 4.69) is 5.32 Å². The first-order valence-electron chi connectivity index (χ1n) is 6.47. The normalized spacial score (nSPS) is 10.9. The van der Waals surface area contributed by atoms with E-state index in [0.29, 0.717) is 5.75 Å². The van der Waals surface area contributed by atoms with Crippen molar-refractivity contribution in [3.63, 3.8) is 0 Å². The molecule has 0 saturated carbocycles. The number of carbonyl (C=O) groups excluding carboxylic acids is 2. The van der Waals surface area contributed by atoms with Crippen molar-refractivity contribution in [3.05, 3.63) is 35.9 Å². The van der Waals surface area contributed by atoms with Gasteiger partial charge in [-0.05, 0) is 5.56 Å². The van der Waals surface area contributed by atoms with Gasteiger partial charge < -0.3 is 10.1 Å². The third-order valence-electron chi connectivity index (χ3n) is 2.31. The van der Waals surface area contributed by atoms with Crippen LogP contribution in [0.3, 0.4) is 0 Å². The largest absolute Gasteiger partial charge is 0.460 e. The summed E-state index contributed by atoms with van der Waals surface area (Å²) in [5.41, 5.74) is 0.926. The molecule has 1 aromatic carbocycles. The van der Waals surface area contributed by atoms with Crippen LogP contribution in [0.4, 0.5) is 0 Å². The second-order valence-corrected chi connectivity index (χ2v) is 7.13. The minimum atomic E-state index is -0.428. The van der Waals surface area contributed by atoms with Gasteiger partial charge in [-0.15, -0.1) is 11.8 Å². The Kier molecular flexibility index (Phi) is 6.58. The van der Waals surface area contributed by atoms with Gasteiger partial charge in [0.1, 0.15) is 13.2 Å². The predicted octanol–water partition coefficient (Wildman–Crippen LogP) is 2.38. The molecular weight excluding hydrogens is 274 g/mol. The Morgan fingerprint density at radius 2 is 1.85 bits per heavy atom. The van der Waals surface area contributed by atoms with Crippen LogP contribution in [-0.2, 0) is 20.9 Å². The molecule has 1 amide bonds. The molecule has 1 N–H and O–H groups in total. The molecule has 0 atom stereocenters. The summed E-state index contributed by atoms with van der Waals surface area (Å²) >= 11 is 1.54. The Morgan fingerprint density at radius 1 is 1.20 bits per heavy atom. The van der Waals surface area contributed by atoms with Gasteiger partial charge >= 0.3 is 5.97 Å². The summed E-state index contributed by atoms with van der Waals surface area (Å²) < 4.78 is 5.10. The molecule has 0 aliphatic rings. The van der Waals surface area contributed by atoms with Crippen molar-refractivity contribution in [3.8, 4) is 0 Å². The smallest absolute Gasteiger partial charge is 0.325 e. The van der Waals surface area contributed by atoms with Crippen LogP contribution in [0.15, 0.2) is 30.3 Å². The number of benzene rings is 1. The van der Waals surface area contributed by atoms with Gasteiger partial charge in [-0.25, -0.2) is 0 Å². The quantitative estimate of drug-likeness (QED) is 0.819. The highest BCUT2D eigenvalue weighted by atomic mass is 32.2. The van der Waals surface area contributed by atoms with Gasteiger partial charge in [-0.1, -0.05) is 51.1 Å². The molecule has 5 heteroatoms. The number of amides is 1. The third-order valence-corrected chi connectivity index (χ3v) is 3.58. The lowest BCUT2D eigenvalue weighted by Gasteiger charge is -2.16. The fourth-order valence-electron chi connectivity index (χ4n) is 1.29. The summed E-state index contributed by atoms with van der Waals surface area (Å²) in [6.07, 6.45) is 0. The summed E-state index contributed by atoms with van der Waals surface area (Å²) in [5.74, 6) is -0.236. The lowest BCUT2D eigenvalue weighted by Crippen LogP contribution is -2.32. The Labute approximate surface area is 124 Å². The maximum atomic E-state index is 11.5. The van der Waals surface area contributed by atoms with E-state index < -0.39 is 5.97 Å². The number of nitrogens with one attached hydrogen (secondary N) is 1. The number of esters is 1. The highest BCUT2D eigenvalue weighted by Gasteiger charge is 2.14. The highest BCUT2D eigenvalue weighted by Crippen LogP contribution is 2.22. The van der Waals surface area contributed by atoms with Gasteiger partial charge in [-0.2, -0.15) is 0 Å². The summed E-state index contributed by atoms with van der Waals surface area (Å²) in [6, 6.07) is 9.43. The summed E-state index contributed by atoms with van der Waals surface area (Å²) in [4.78, 5) is 23.0. The number of hydrogen-bond donors (Lipinski definition) is 1. The van der Waals surface area contributed by atoms with Crippen LogP contribution in [-0.4, -0.2) is 28.9 Å². The lowest BCUT2D eigenvalue weighted by molar-refractivity contribution is -0.145. The molecule has 20 heavy (non-hydrogen) atoms. The molecule has 0 fully saturated rings. The van der Waals surface area contributed by atoms with Crippen LogP contribution in [0, 0.1) is 0 Å². The zero-order chi connectivity index (χ0) is 15.0. The van der Waals surface area contributed by atoms with Gasteiger partial charge in [0.25, 0.3) is 0 Å². The monoisotopic (exact) mass is 295 g/mol. The first-order valence-corrected chi connectivity index (χ1v) is 7.45. The Bertz CT molecular complexity index is 440. The van der Waals surface area contributed by atoms with Crippen molar-refractivity contribution >= 4 is 23.6 Å². The minimum absolute atomic E-state index is 0.0329. The van der Waals surface area contributed by atoms with E-state index >= 15 is 0 Å². The van der Waals surface area contributed by atoms with Gasteiger partial charge in [0.15, 0.2) is 0 Å². The molecule has 0 aromatic heterocycles. The molecule has 0 aliphatic carbocycles. The molecule has 4 nitrogen and oxygen atoms in total. The molecule has 1 rings (SSSR count). The number of rotatable bonds is 6. The van der Waals surface area contributed by atoms with Crippen molar-refractivity contribution in [2.45, 2.75) is 32.1 Å². The third kappa shape index (κ3) is 7.84. The van der Waals surface area contributed by atoms with E-state index in [4.69, 9.17) is 4.74 Å². The maximum absolute atomic E-state index is 11.5. The number of ether oxygens (including phenoxy) is 1. The Balaban J connectivity index is 2.18. The van der Waals surface area contributed by atoms with Crippen molar-refractivity contribution in [2.24, 2.45) is 0 Å². The zero-order valence-corrected chi connectivity index (χ0v) is 13.0. The topological polar surface area (TPSA) is 55.4 Å². The van der Waals surface area contributed by atoms with Gasteiger partial charge in [0, 0.05) is 4.75 Å². The minimum Gasteiger partial charge on any atom is -0.460 e. The molecule has 0 bridgehead atoms. The van der Waals surface area contributed by atoms with Crippen LogP contribution in [0.25, 0.3) is 0 Å². The molecule has 0 radical (unpaired) electrons. The molecule has 0 saturated heterocycles. The number of thioether (sulfide) groups is 1. The van der Waals surface area contributed by atoms with Crippen LogP contribution >= 0.6 is 11.8 Å². The number of carbonyl (C=O) groups is 2. The summed E-state index contributed by atoms with van der Waals surface area (Å²) in [7, 11) is 0. The van der Waals surface area contributed by atoms with Crippen molar-refractivity contribution in [1.82, 2.24) is 5.32 Å². The van der Waals surface area contributed by atoms with Gasteiger partial charge in [0.2, 0.25) is 5.91 Å². The second kappa shape index (κ2) is 7.94. The van der Waals surface area contributed by atoms with Crippen molar-refractivity contribution in [1.29, 1.82) is 0 Å². The van der Waals surface area contributed by atoms with Crippen molar-refractivity contribution in [2.75, 3.05) is 12.3 Å². The summed E-state index contributed by atoms with van der Waals surface area (Å²) in [5, 5.41) is 2.56. The van der Waals surface area contributed by atoms with E-state index in [1.165, 1.54) is 11.8 Å². The first kappa shape index (κ1) is 16.6. The Hall–Kier alpha value is -1.49. The van der Waals surface area contributed by atoms with E-state index in [1.54, 1.807) is 0 Å².